The first kappa shape index (κ1) is 23.1. The highest BCUT2D eigenvalue weighted by atomic mass is 16.5. The van der Waals surface area contributed by atoms with Gasteiger partial charge in [-0.3, -0.25) is 9.69 Å². The monoisotopic (exact) mass is 446 g/mol. The third-order valence-corrected chi connectivity index (χ3v) is 6.06. The molecular weight excluding hydrogens is 412 g/mol. The lowest BCUT2D eigenvalue weighted by Gasteiger charge is -2.27. The molecule has 0 aliphatic carbocycles. The number of phenolic OH excluding ortho intramolecular Hbond substituents is 1. The lowest BCUT2D eigenvalue weighted by molar-refractivity contribution is 0.101. The van der Waals surface area contributed by atoms with Crippen LogP contribution in [0.2, 0.25) is 0 Å². The van der Waals surface area contributed by atoms with Gasteiger partial charge in [0.1, 0.15) is 11.5 Å². The van der Waals surface area contributed by atoms with Gasteiger partial charge in [-0.05, 0) is 42.5 Å². The number of fused-ring (bicyclic) bond motifs is 2. The van der Waals surface area contributed by atoms with Gasteiger partial charge < -0.3 is 14.4 Å². The molecule has 2 heterocycles. The van der Waals surface area contributed by atoms with Gasteiger partial charge in [-0.25, -0.2) is 0 Å². The van der Waals surface area contributed by atoms with Crippen LogP contribution in [0.3, 0.4) is 0 Å². The largest absolute Gasteiger partial charge is 0.507 e. The average molecular weight is 447 g/mol. The summed E-state index contributed by atoms with van der Waals surface area (Å²) in [6.45, 7) is 13.0. The fraction of sp³-hybridized carbons (Fsp3) is 0.393. The van der Waals surface area contributed by atoms with Crippen LogP contribution in [0.4, 0.5) is 0 Å². The maximum Gasteiger partial charge on any atom is 0.232 e. The number of ketones is 1. The molecule has 5 nitrogen and oxygen atoms in total. The summed E-state index contributed by atoms with van der Waals surface area (Å²) in [7, 11) is 1.99. The molecule has 33 heavy (non-hydrogen) atoms. The Morgan fingerprint density at radius 3 is 2.45 bits per heavy atom. The van der Waals surface area contributed by atoms with Gasteiger partial charge in [0, 0.05) is 49.3 Å². The highest BCUT2D eigenvalue weighted by molar-refractivity contribution is 6.16. The van der Waals surface area contributed by atoms with Crippen molar-refractivity contribution >= 4 is 22.8 Å². The minimum Gasteiger partial charge on any atom is -0.507 e. The minimum atomic E-state index is -0.129. The zero-order chi connectivity index (χ0) is 23.9. The number of aromatic nitrogens is 1. The number of benzene rings is 2. The van der Waals surface area contributed by atoms with Crippen molar-refractivity contribution in [1.29, 1.82) is 0 Å². The number of phenols is 1. The summed E-state index contributed by atoms with van der Waals surface area (Å²) < 4.78 is 8.25. The van der Waals surface area contributed by atoms with Gasteiger partial charge in [0.2, 0.25) is 5.78 Å². The predicted molar refractivity (Wildman–Crippen MR) is 134 cm³/mol. The molecule has 1 aliphatic heterocycles. The molecule has 0 spiro atoms. The van der Waals surface area contributed by atoms with E-state index in [0.29, 0.717) is 41.0 Å². The number of para-hydroxylation sites is 1. The summed E-state index contributed by atoms with van der Waals surface area (Å²) in [6, 6.07) is 9.80. The fourth-order valence-corrected chi connectivity index (χ4v) is 4.82. The fourth-order valence-electron chi connectivity index (χ4n) is 4.82. The van der Waals surface area contributed by atoms with Gasteiger partial charge in [-0.15, -0.1) is 0 Å². The first-order chi connectivity index (χ1) is 15.7. The number of aromatic hydroxyl groups is 1. The van der Waals surface area contributed by atoms with Gasteiger partial charge >= 0.3 is 0 Å². The number of hydrogen-bond acceptors (Lipinski definition) is 4. The Labute approximate surface area is 196 Å². The molecule has 0 fully saturated rings. The molecule has 0 amide bonds. The van der Waals surface area contributed by atoms with E-state index in [2.05, 4.69) is 38.7 Å². The third kappa shape index (κ3) is 4.55. The Kier molecular flexibility index (Phi) is 6.35. The van der Waals surface area contributed by atoms with Crippen molar-refractivity contribution in [3.8, 4) is 11.5 Å². The number of allylic oxidation sites excluding steroid dienone is 1. The molecule has 174 valence electrons. The van der Waals surface area contributed by atoms with Crippen LogP contribution in [0.25, 0.3) is 17.0 Å². The molecule has 2 aromatic carbocycles. The molecular formula is C28H34N2O3. The van der Waals surface area contributed by atoms with E-state index in [1.165, 1.54) is 0 Å². The predicted octanol–water partition coefficient (Wildman–Crippen LogP) is 5.92. The molecule has 1 aliphatic rings. The average Bonchev–Trinajstić information content (AvgIpc) is 3.22. The lowest BCUT2D eigenvalue weighted by Crippen LogP contribution is -2.31. The molecule has 0 atom stereocenters. The van der Waals surface area contributed by atoms with Crippen LogP contribution in [0, 0.1) is 18.8 Å². The topological polar surface area (TPSA) is 54.7 Å². The van der Waals surface area contributed by atoms with Gasteiger partial charge in [0.15, 0.2) is 5.76 Å². The molecule has 4 rings (SSSR count). The van der Waals surface area contributed by atoms with E-state index in [0.717, 1.165) is 35.1 Å². The first-order valence-corrected chi connectivity index (χ1v) is 11.7. The van der Waals surface area contributed by atoms with Crippen molar-refractivity contribution in [2.75, 3.05) is 13.1 Å². The SMILES string of the molecule is Cc1cc(O)c(CN(CC(C)C)CC(C)C)c2c1C(=O)/C(=C\c1cn(C)c3ccccc13)O2. The van der Waals surface area contributed by atoms with Crippen molar-refractivity contribution in [2.45, 2.75) is 41.2 Å². The quantitative estimate of drug-likeness (QED) is 0.458. The molecule has 0 saturated heterocycles. The van der Waals surface area contributed by atoms with Crippen molar-refractivity contribution in [2.24, 2.45) is 18.9 Å². The molecule has 5 heteroatoms. The Bertz CT molecular complexity index is 1220. The molecule has 1 N–H and O–H groups in total. The molecule has 0 radical (unpaired) electrons. The zero-order valence-electron chi connectivity index (χ0n) is 20.5. The van der Waals surface area contributed by atoms with Crippen molar-refractivity contribution < 1.29 is 14.6 Å². The van der Waals surface area contributed by atoms with Gasteiger partial charge in [-0.1, -0.05) is 45.9 Å². The Balaban J connectivity index is 1.74. The molecule has 3 aromatic rings. The van der Waals surface area contributed by atoms with Crippen molar-refractivity contribution in [3.05, 3.63) is 64.5 Å². The highest BCUT2D eigenvalue weighted by Gasteiger charge is 2.34. The van der Waals surface area contributed by atoms with Crippen LogP contribution < -0.4 is 4.74 Å². The van der Waals surface area contributed by atoms with E-state index in [1.54, 1.807) is 6.07 Å². The number of nitrogens with zero attached hydrogens (tertiary/aromatic N) is 2. The summed E-state index contributed by atoms with van der Waals surface area (Å²) in [5.74, 6) is 1.85. The second kappa shape index (κ2) is 9.06. The van der Waals surface area contributed by atoms with E-state index in [4.69, 9.17) is 4.74 Å². The van der Waals surface area contributed by atoms with E-state index in [-0.39, 0.29) is 11.5 Å². The van der Waals surface area contributed by atoms with E-state index in [9.17, 15) is 9.90 Å². The van der Waals surface area contributed by atoms with Crippen LogP contribution in [0.15, 0.2) is 42.3 Å². The number of aryl methyl sites for hydroxylation is 2. The number of carbonyl (C=O) groups excluding carboxylic acids is 1. The summed E-state index contributed by atoms with van der Waals surface area (Å²) in [4.78, 5) is 15.7. The lowest BCUT2D eigenvalue weighted by atomic mass is 9.98. The standard InChI is InChI=1S/C28H34N2O3/c1-17(2)13-30(14-18(3)4)16-22-24(31)11-19(5)26-27(32)25(33-28(22)26)12-20-15-29(6)23-10-8-7-9-21(20)23/h7-12,15,17-18,31H,13-14,16H2,1-6H3/b25-12+. The Hall–Kier alpha value is -3.05. The maximum absolute atomic E-state index is 13.4. The first-order valence-electron chi connectivity index (χ1n) is 11.7. The number of Topliss-reactive ketones (excluding diaryl/α,β-unsaturated/α-hetero) is 1. The second-order valence-electron chi connectivity index (χ2n) is 10.0. The van der Waals surface area contributed by atoms with E-state index in [1.807, 2.05) is 49.0 Å². The highest BCUT2D eigenvalue weighted by Crippen LogP contribution is 2.42. The smallest absolute Gasteiger partial charge is 0.232 e. The van der Waals surface area contributed by atoms with Crippen molar-refractivity contribution in [1.82, 2.24) is 9.47 Å². The molecule has 0 unspecified atom stereocenters. The number of rotatable bonds is 7. The molecule has 0 bridgehead atoms. The van der Waals surface area contributed by atoms with Crippen LogP contribution in [0.5, 0.6) is 11.5 Å². The van der Waals surface area contributed by atoms with Crippen LogP contribution in [-0.4, -0.2) is 33.4 Å². The number of carbonyl (C=O) groups is 1. The maximum atomic E-state index is 13.4. The summed E-state index contributed by atoms with van der Waals surface area (Å²) in [5.41, 5.74) is 4.01. The third-order valence-electron chi connectivity index (χ3n) is 6.06. The Morgan fingerprint density at radius 2 is 1.79 bits per heavy atom. The zero-order valence-corrected chi connectivity index (χ0v) is 20.5. The normalized spacial score (nSPS) is 14.8. The second-order valence-corrected chi connectivity index (χ2v) is 10.0. The van der Waals surface area contributed by atoms with Crippen molar-refractivity contribution in [3.63, 3.8) is 0 Å². The summed E-state index contributed by atoms with van der Waals surface area (Å²) in [5, 5.41) is 11.9. The summed E-state index contributed by atoms with van der Waals surface area (Å²) >= 11 is 0. The summed E-state index contributed by atoms with van der Waals surface area (Å²) in [6.07, 6.45) is 3.83. The molecule has 1 aromatic heterocycles. The van der Waals surface area contributed by atoms with Crippen LogP contribution in [-0.2, 0) is 13.6 Å². The van der Waals surface area contributed by atoms with Crippen LogP contribution >= 0.6 is 0 Å². The van der Waals surface area contributed by atoms with Crippen LogP contribution in [0.1, 0.15) is 54.7 Å². The molecule has 0 saturated carbocycles. The van der Waals surface area contributed by atoms with Gasteiger partial charge in [0.25, 0.3) is 0 Å². The van der Waals surface area contributed by atoms with Gasteiger partial charge in [-0.2, -0.15) is 0 Å². The van der Waals surface area contributed by atoms with E-state index >= 15 is 0 Å². The minimum absolute atomic E-state index is 0.129. The number of hydrogen-bond donors (Lipinski definition) is 1. The number of ether oxygens (including phenoxy) is 1. The van der Waals surface area contributed by atoms with Gasteiger partial charge in [0.05, 0.1) is 11.1 Å². The Morgan fingerprint density at radius 1 is 1.12 bits per heavy atom. The van der Waals surface area contributed by atoms with E-state index < -0.39 is 0 Å².